The molecular formula is C33H41ClN2O5S. The van der Waals surface area contributed by atoms with Gasteiger partial charge in [-0.1, -0.05) is 36.7 Å². The highest BCUT2D eigenvalue weighted by molar-refractivity contribution is 7.90. The standard InChI is InChI=1S/C33H41ClN2O5S/c1-21-6-4-8-30(40-3)27-12-9-25(27)18-36-19-33(15-5-7-23-16-26(34)11-13-28(23)33)20-41-31-14-10-24(17-29(31)36)32(37)35-42(38,39)22(21)2/h4,8,10-11,13-14,16-17,21-22,25,27,30H,5-7,9,12,15,18-20H2,1-3H3,(H,35,37)/b8-4+/t21-,22+,25-,27+,30+,33-/m0/s1. The van der Waals surface area contributed by atoms with Crippen LogP contribution in [0.25, 0.3) is 0 Å². The number of sulfonamides is 1. The lowest BCUT2D eigenvalue weighted by Crippen LogP contribution is -2.49. The molecule has 2 aliphatic heterocycles. The molecule has 2 aliphatic carbocycles. The molecule has 7 nitrogen and oxygen atoms in total. The predicted molar refractivity (Wildman–Crippen MR) is 166 cm³/mol. The first-order valence-electron chi connectivity index (χ1n) is 15.2. The summed E-state index contributed by atoms with van der Waals surface area (Å²) < 4.78 is 41.3. The number of aryl methyl sites for hydroxylation is 1. The van der Waals surface area contributed by atoms with Crippen molar-refractivity contribution < 1.29 is 22.7 Å². The van der Waals surface area contributed by atoms with Crippen molar-refractivity contribution in [1.29, 1.82) is 0 Å². The molecule has 2 heterocycles. The number of carbonyl (C=O) groups excluding carboxylic acids is 1. The van der Waals surface area contributed by atoms with E-state index in [1.54, 1.807) is 20.1 Å². The SMILES string of the molecule is CO[C@@H]1/C=C/C[C@H](C)[C@@H](C)S(=O)(=O)NC(=O)c2ccc3c(c2)N(C[C@@H]2CC[C@H]21)C[C@@]1(CCCc2cc(Cl)ccc21)CO3. The van der Waals surface area contributed by atoms with Crippen LogP contribution in [0.4, 0.5) is 5.69 Å². The lowest BCUT2D eigenvalue weighted by Gasteiger charge is -2.46. The van der Waals surface area contributed by atoms with Gasteiger partial charge in [-0.05, 0) is 105 Å². The first-order valence-corrected chi connectivity index (χ1v) is 17.1. The highest BCUT2D eigenvalue weighted by atomic mass is 35.5. The van der Waals surface area contributed by atoms with Crippen LogP contribution in [0.15, 0.2) is 48.6 Å². The summed E-state index contributed by atoms with van der Waals surface area (Å²) in [6.07, 6.45) is 9.93. The summed E-state index contributed by atoms with van der Waals surface area (Å²) in [5.74, 6) is 0.710. The number of carbonyl (C=O) groups is 1. The van der Waals surface area contributed by atoms with Crippen molar-refractivity contribution in [2.24, 2.45) is 17.8 Å². The molecule has 1 saturated carbocycles. The molecule has 2 aromatic carbocycles. The van der Waals surface area contributed by atoms with E-state index in [-0.39, 0.29) is 17.4 Å². The van der Waals surface area contributed by atoms with Crippen molar-refractivity contribution in [2.45, 2.75) is 69.1 Å². The number of rotatable bonds is 1. The zero-order chi connectivity index (χ0) is 29.6. The average Bonchev–Trinajstić information content (AvgIpc) is 3.10. The monoisotopic (exact) mass is 612 g/mol. The quantitative estimate of drug-likeness (QED) is 0.404. The molecule has 1 spiro atoms. The molecule has 6 atom stereocenters. The second-order valence-corrected chi connectivity index (χ2v) is 15.3. The highest BCUT2D eigenvalue weighted by Crippen LogP contribution is 2.47. The minimum atomic E-state index is -3.88. The van der Waals surface area contributed by atoms with E-state index >= 15 is 0 Å². The molecule has 0 aromatic heterocycles. The maximum atomic E-state index is 13.4. The summed E-state index contributed by atoms with van der Waals surface area (Å²) in [6.45, 7) is 5.63. The summed E-state index contributed by atoms with van der Waals surface area (Å²) in [5, 5.41) is 0.00998. The summed E-state index contributed by atoms with van der Waals surface area (Å²) in [6, 6.07) is 11.5. The molecule has 1 amide bonds. The maximum absolute atomic E-state index is 13.4. The molecule has 226 valence electrons. The van der Waals surface area contributed by atoms with Crippen LogP contribution in [0.1, 0.15) is 67.4 Å². The second-order valence-electron chi connectivity index (χ2n) is 12.8. The number of hydrogen-bond acceptors (Lipinski definition) is 6. The van der Waals surface area contributed by atoms with Crippen molar-refractivity contribution in [3.63, 3.8) is 0 Å². The van der Waals surface area contributed by atoms with Crippen LogP contribution in [0.5, 0.6) is 5.75 Å². The molecular weight excluding hydrogens is 572 g/mol. The van der Waals surface area contributed by atoms with Gasteiger partial charge < -0.3 is 14.4 Å². The summed E-state index contributed by atoms with van der Waals surface area (Å²) in [5.41, 5.74) is 3.48. The van der Waals surface area contributed by atoms with Crippen molar-refractivity contribution in [3.05, 3.63) is 70.3 Å². The number of amides is 1. The van der Waals surface area contributed by atoms with E-state index in [1.807, 2.05) is 31.2 Å². The number of allylic oxidation sites excluding steroid dienone is 1. The Morgan fingerprint density at radius 1 is 1.14 bits per heavy atom. The number of hydrogen-bond donors (Lipinski definition) is 1. The van der Waals surface area contributed by atoms with Crippen molar-refractivity contribution in [2.75, 3.05) is 31.7 Å². The van der Waals surface area contributed by atoms with Crippen LogP contribution in [0.2, 0.25) is 5.02 Å². The minimum absolute atomic E-state index is 0.0315. The number of halogens is 1. The maximum Gasteiger partial charge on any atom is 0.264 e. The van der Waals surface area contributed by atoms with Gasteiger partial charge in [-0.25, -0.2) is 13.1 Å². The third kappa shape index (κ3) is 5.46. The summed E-state index contributed by atoms with van der Waals surface area (Å²) in [4.78, 5) is 15.7. The average molecular weight is 613 g/mol. The number of nitrogens with zero attached hydrogens (tertiary/aromatic N) is 1. The smallest absolute Gasteiger partial charge is 0.264 e. The van der Waals surface area contributed by atoms with Gasteiger partial charge in [0.1, 0.15) is 5.75 Å². The van der Waals surface area contributed by atoms with Crippen LogP contribution in [-0.2, 0) is 26.6 Å². The van der Waals surface area contributed by atoms with E-state index < -0.39 is 21.2 Å². The predicted octanol–water partition coefficient (Wildman–Crippen LogP) is 5.90. The Morgan fingerprint density at radius 3 is 2.74 bits per heavy atom. The topological polar surface area (TPSA) is 84.9 Å². The van der Waals surface area contributed by atoms with E-state index in [0.29, 0.717) is 30.4 Å². The number of anilines is 1. The molecule has 0 saturated heterocycles. The Kier molecular flexibility index (Phi) is 8.09. The molecule has 42 heavy (non-hydrogen) atoms. The van der Waals surface area contributed by atoms with Gasteiger partial charge in [0, 0.05) is 36.2 Å². The largest absolute Gasteiger partial charge is 0.490 e. The lowest BCUT2D eigenvalue weighted by atomic mass is 9.68. The van der Waals surface area contributed by atoms with Gasteiger partial charge in [0.05, 0.1) is 23.6 Å². The molecule has 1 fully saturated rings. The van der Waals surface area contributed by atoms with Gasteiger partial charge in [0.25, 0.3) is 5.91 Å². The minimum Gasteiger partial charge on any atom is -0.490 e. The second kappa shape index (κ2) is 11.5. The zero-order valence-corrected chi connectivity index (χ0v) is 26.2. The molecule has 4 aliphatic rings. The van der Waals surface area contributed by atoms with Gasteiger partial charge >= 0.3 is 0 Å². The van der Waals surface area contributed by atoms with Crippen LogP contribution in [-0.4, -0.2) is 52.5 Å². The molecule has 9 heteroatoms. The van der Waals surface area contributed by atoms with Crippen molar-refractivity contribution in [3.8, 4) is 5.75 Å². The number of methoxy groups -OCH3 is 1. The van der Waals surface area contributed by atoms with E-state index in [1.165, 1.54) is 11.1 Å². The molecule has 2 bridgehead atoms. The summed E-state index contributed by atoms with van der Waals surface area (Å²) >= 11 is 6.40. The Bertz CT molecular complexity index is 1490. The number of nitrogens with one attached hydrogen (secondary N) is 1. The molecule has 0 unspecified atom stereocenters. The Labute approximate surface area is 254 Å². The van der Waals surface area contributed by atoms with E-state index in [9.17, 15) is 13.2 Å². The molecule has 0 radical (unpaired) electrons. The zero-order valence-electron chi connectivity index (χ0n) is 24.6. The highest BCUT2D eigenvalue weighted by Gasteiger charge is 2.44. The van der Waals surface area contributed by atoms with Gasteiger partial charge in [0.2, 0.25) is 10.0 Å². The lowest BCUT2D eigenvalue weighted by molar-refractivity contribution is 0.0131. The van der Waals surface area contributed by atoms with Gasteiger partial charge in [0.15, 0.2) is 0 Å². The normalized spacial score (nSPS) is 33.3. The van der Waals surface area contributed by atoms with Crippen molar-refractivity contribution >= 4 is 33.2 Å². The van der Waals surface area contributed by atoms with Crippen molar-refractivity contribution in [1.82, 2.24) is 4.72 Å². The van der Waals surface area contributed by atoms with Gasteiger partial charge in [-0.3, -0.25) is 4.79 Å². The van der Waals surface area contributed by atoms with Crippen LogP contribution in [0.3, 0.4) is 0 Å². The van der Waals surface area contributed by atoms with E-state index in [2.05, 4.69) is 27.8 Å². The first kappa shape index (κ1) is 29.5. The third-order valence-electron chi connectivity index (χ3n) is 10.3. The third-order valence-corrected chi connectivity index (χ3v) is 12.4. The van der Waals surface area contributed by atoms with Crippen LogP contribution < -0.4 is 14.4 Å². The van der Waals surface area contributed by atoms with Crippen LogP contribution in [0, 0.1) is 17.8 Å². The first-order chi connectivity index (χ1) is 20.1. The van der Waals surface area contributed by atoms with Crippen LogP contribution >= 0.6 is 11.6 Å². The fourth-order valence-electron chi connectivity index (χ4n) is 7.39. The number of fused-ring (bicyclic) bond motifs is 4. The Balaban J connectivity index is 1.43. The molecule has 6 rings (SSSR count). The van der Waals surface area contributed by atoms with Gasteiger partial charge in [-0.15, -0.1) is 0 Å². The molecule has 2 aromatic rings. The number of benzene rings is 2. The Morgan fingerprint density at radius 2 is 1.98 bits per heavy atom. The summed E-state index contributed by atoms with van der Waals surface area (Å²) in [7, 11) is -2.13. The van der Waals surface area contributed by atoms with Gasteiger partial charge in [-0.2, -0.15) is 0 Å². The fraction of sp³-hybridized carbons (Fsp3) is 0.545. The van der Waals surface area contributed by atoms with E-state index in [0.717, 1.165) is 61.7 Å². The molecule has 1 N–H and O–H groups in total. The fourth-order valence-corrected chi connectivity index (χ4v) is 8.87. The number of ether oxygens (including phenoxy) is 2. The van der Waals surface area contributed by atoms with E-state index in [4.69, 9.17) is 21.1 Å². The Hall–Kier alpha value is -2.55.